The third-order valence-electron chi connectivity index (χ3n) is 2.83. The van der Waals surface area contributed by atoms with Crippen LogP contribution in [-0.2, 0) is 14.3 Å². The van der Waals surface area contributed by atoms with Crippen LogP contribution in [-0.4, -0.2) is 44.6 Å². The van der Waals surface area contributed by atoms with Gasteiger partial charge in [-0.2, -0.15) is 0 Å². The first kappa shape index (κ1) is 15.3. The van der Waals surface area contributed by atoms with E-state index in [1.807, 2.05) is 0 Å². The molecule has 0 spiro atoms. The van der Waals surface area contributed by atoms with E-state index >= 15 is 0 Å². The SMILES string of the molecule is CC1=CS[C@H]2[C@H](N)C(=O)N2C1C(=O)OCC(Cl)(Cl)Cl. The molecule has 106 valence electrons. The summed E-state index contributed by atoms with van der Waals surface area (Å²) in [6.07, 6.45) is 0. The first-order chi connectivity index (χ1) is 8.72. The molecule has 5 nitrogen and oxygen atoms in total. The maximum atomic E-state index is 12.0. The number of nitrogens with zero attached hydrogens (tertiary/aromatic N) is 1. The lowest BCUT2D eigenvalue weighted by atomic mass is 10.00. The molecule has 1 amide bonds. The molecule has 2 aliphatic rings. The number of halogens is 3. The van der Waals surface area contributed by atoms with Crippen LogP contribution in [0.2, 0.25) is 0 Å². The van der Waals surface area contributed by atoms with Crippen molar-refractivity contribution in [2.75, 3.05) is 6.61 Å². The van der Waals surface area contributed by atoms with Crippen molar-refractivity contribution in [1.82, 2.24) is 4.90 Å². The number of carbonyl (C=O) groups is 2. The molecule has 0 bridgehead atoms. The fourth-order valence-corrected chi connectivity index (χ4v) is 3.22. The fraction of sp³-hybridized carbons (Fsp3) is 0.600. The molecule has 0 saturated carbocycles. The Bertz CT molecular complexity index is 452. The van der Waals surface area contributed by atoms with Crippen LogP contribution in [0.3, 0.4) is 0 Å². The summed E-state index contributed by atoms with van der Waals surface area (Å²) < 4.78 is 3.26. The Kier molecular flexibility index (Phi) is 4.28. The van der Waals surface area contributed by atoms with Crippen LogP contribution in [0.25, 0.3) is 0 Å². The Morgan fingerprint density at radius 2 is 2.21 bits per heavy atom. The molecule has 2 aliphatic heterocycles. The predicted molar refractivity (Wildman–Crippen MR) is 75.0 cm³/mol. The van der Waals surface area contributed by atoms with E-state index in [0.29, 0.717) is 5.57 Å². The zero-order valence-electron chi connectivity index (χ0n) is 9.81. The monoisotopic (exact) mass is 344 g/mol. The van der Waals surface area contributed by atoms with Crippen molar-refractivity contribution in [3.63, 3.8) is 0 Å². The number of amides is 1. The van der Waals surface area contributed by atoms with Crippen molar-refractivity contribution < 1.29 is 14.3 Å². The van der Waals surface area contributed by atoms with Crippen molar-refractivity contribution in [3.8, 4) is 0 Å². The molecule has 1 fully saturated rings. The summed E-state index contributed by atoms with van der Waals surface area (Å²) in [5, 5.41) is 1.57. The number of carbonyl (C=O) groups excluding carboxylic acids is 2. The molecule has 3 atom stereocenters. The van der Waals surface area contributed by atoms with E-state index < -0.39 is 21.8 Å². The van der Waals surface area contributed by atoms with Crippen LogP contribution in [0.1, 0.15) is 6.92 Å². The third-order valence-corrected chi connectivity index (χ3v) is 4.46. The highest BCUT2D eigenvalue weighted by Gasteiger charge is 2.53. The molecule has 9 heteroatoms. The zero-order chi connectivity index (χ0) is 14.4. The zero-order valence-corrected chi connectivity index (χ0v) is 12.9. The second-order valence-corrected chi connectivity index (χ2v) is 7.79. The van der Waals surface area contributed by atoms with Gasteiger partial charge in [0.2, 0.25) is 9.70 Å². The lowest BCUT2D eigenvalue weighted by molar-refractivity contribution is -0.161. The number of alkyl halides is 3. The van der Waals surface area contributed by atoms with Crippen molar-refractivity contribution >= 4 is 58.4 Å². The van der Waals surface area contributed by atoms with Crippen LogP contribution in [0.5, 0.6) is 0 Å². The van der Waals surface area contributed by atoms with Gasteiger partial charge >= 0.3 is 5.97 Å². The van der Waals surface area contributed by atoms with Crippen LogP contribution in [0.15, 0.2) is 11.0 Å². The molecule has 0 aromatic heterocycles. The van der Waals surface area contributed by atoms with E-state index in [-0.39, 0.29) is 17.9 Å². The van der Waals surface area contributed by atoms with E-state index in [1.54, 1.807) is 12.3 Å². The fourth-order valence-electron chi connectivity index (χ4n) is 1.93. The normalized spacial score (nSPS) is 30.4. The predicted octanol–water partition coefficient (Wildman–Crippen LogP) is 1.41. The lowest BCUT2D eigenvalue weighted by Crippen LogP contribution is -2.72. The molecule has 2 heterocycles. The average Bonchev–Trinajstić information content (AvgIpc) is 2.33. The van der Waals surface area contributed by atoms with Gasteiger partial charge in [0.1, 0.15) is 18.0 Å². The maximum Gasteiger partial charge on any atom is 0.333 e. The second-order valence-electron chi connectivity index (χ2n) is 4.29. The Labute approximate surface area is 129 Å². The number of hydrogen-bond acceptors (Lipinski definition) is 5. The summed E-state index contributed by atoms with van der Waals surface area (Å²) in [6, 6.07) is -1.37. The number of fused-ring (bicyclic) bond motifs is 1. The van der Waals surface area contributed by atoms with Gasteiger partial charge in [-0.1, -0.05) is 34.8 Å². The van der Waals surface area contributed by atoms with Crippen molar-refractivity contribution in [2.45, 2.75) is 28.2 Å². The first-order valence-electron chi connectivity index (χ1n) is 5.35. The van der Waals surface area contributed by atoms with E-state index in [0.717, 1.165) is 0 Å². The maximum absolute atomic E-state index is 12.0. The molecule has 1 unspecified atom stereocenters. The van der Waals surface area contributed by atoms with Gasteiger partial charge in [0.05, 0.1) is 0 Å². The smallest absolute Gasteiger partial charge is 0.333 e. The molecule has 2 rings (SSSR count). The summed E-state index contributed by atoms with van der Waals surface area (Å²) in [5.41, 5.74) is 6.38. The Balaban J connectivity index is 2.09. The number of esters is 1. The first-order valence-corrected chi connectivity index (χ1v) is 7.43. The van der Waals surface area contributed by atoms with Gasteiger partial charge < -0.3 is 15.4 Å². The van der Waals surface area contributed by atoms with Gasteiger partial charge in [-0.05, 0) is 17.9 Å². The molecular formula is C10H11Cl3N2O3S. The number of nitrogens with two attached hydrogens (primary N) is 1. The van der Waals surface area contributed by atoms with E-state index in [9.17, 15) is 9.59 Å². The average molecular weight is 346 g/mol. The van der Waals surface area contributed by atoms with E-state index in [4.69, 9.17) is 45.3 Å². The standard InChI is InChI=1S/C10H11Cl3N2O3S/c1-4-2-19-8-5(14)7(16)15(8)6(4)9(17)18-3-10(11,12)13/h2,5-6,8H,3,14H2,1H3/t5-,6?,8+/m1/s1. The summed E-state index contributed by atoms with van der Waals surface area (Å²) in [4.78, 5) is 25.2. The Morgan fingerprint density at radius 1 is 1.58 bits per heavy atom. The molecule has 1 saturated heterocycles. The van der Waals surface area contributed by atoms with E-state index in [1.165, 1.54) is 16.7 Å². The quantitative estimate of drug-likeness (QED) is 0.465. The molecule has 19 heavy (non-hydrogen) atoms. The number of hydrogen-bond donors (Lipinski definition) is 1. The molecule has 0 aromatic rings. The van der Waals surface area contributed by atoms with Crippen LogP contribution >= 0.6 is 46.6 Å². The second kappa shape index (κ2) is 5.33. The van der Waals surface area contributed by atoms with Gasteiger partial charge in [-0.3, -0.25) is 4.79 Å². The number of rotatable bonds is 2. The number of ether oxygens (including phenoxy) is 1. The molecule has 0 radical (unpaired) electrons. The van der Waals surface area contributed by atoms with Crippen LogP contribution in [0, 0.1) is 0 Å². The Hall–Kier alpha value is -0.140. The summed E-state index contributed by atoms with van der Waals surface area (Å²) in [7, 11) is 0. The van der Waals surface area contributed by atoms with Crippen molar-refractivity contribution in [2.24, 2.45) is 5.73 Å². The summed E-state index contributed by atoms with van der Waals surface area (Å²) >= 11 is 18.0. The van der Waals surface area contributed by atoms with Crippen LogP contribution in [0.4, 0.5) is 0 Å². The highest BCUT2D eigenvalue weighted by molar-refractivity contribution is 8.02. The highest BCUT2D eigenvalue weighted by atomic mass is 35.6. The van der Waals surface area contributed by atoms with Crippen LogP contribution < -0.4 is 5.73 Å². The molecular weight excluding hydrogens is 335 g/mol. The molecule has 0 aliphatic carbocycles. The largest absolute Gasteiger partial charge is 0.459 e. The van der Waals surface area contributed by atoms with Gasteiger partial charge in [0, 0.05) is 0 Å². The summed E-state index contributed by atoms with van der Waals surface area (Å²) in [5.74, 6) is -0.897. The topological polar surface area (TPSA) is 72.6 Å². The minimum Gasteiger partial charge on any atom is -0.459 e. The minimum atomic E-state index is -1.68. The van der Waals surface area contributed by atoms with Gasteiger partial charge in [-0.15, -0.1) is 11.8 Å². The summed E-state index contributed by atoms with van der Waals surface area (Å²) in [6.45, 7) is 1.37. The minimum absolute atomic E-state index is 0.235. The number of β-lactam (4-membered cyclic amide) rings is 1. The molecule has 0 aromatic carbocycles. The van der Waals surface area contributed by atoms with E-state index in [2.05, 4.69) is 0 Å². The van der Waals surface area contributed by atoms with Crippen molar-refractivity contribution in [3.05, 3.63) is 11.0 Å². The van der Waals surface area contributed by atoms with Gasteiger partial charge in [0.25, 0.3) is 0 Å². The molecule has 2 N–H and O–H groups in total. The Morgan fingerprint density at radius 3 is 2.79 bits per heavy atom. The highest BCUT2D eigenvalue weighted by Crippen LogP contribution is 2.39. The van der Waals surface area contributed by atoms with Crippen molar-refractivity contribution in [1.29, 1.82) is 0 Å². The van der Waals surface area contributed by atoms with Gasteiger partial charge in [-0.25, -0.2) is 4.79 Å². The number of thioether (sulfide) groups is 1. The lowest BCUT2D eigenvalue weighted by Gasteiger charge is -2.50. The van der Waals surface area contributed by atoms with Gasteiger partial charge in [0.15, 0.2) is 6.04 Å². The third kappa shape index (κ3) is 2.97.